The number of nitrogens with one attached hydrogen (secondary N) is 1. The summed E-state index contributed by atoms with van der Waals surface area (Å²) in [5.74, 6) is 0. The van der Waals surface area contributed by atoms with E-state index in [1.807, 2.05) is 6.92 Å². The Labute approximate surface area is 98.9 Å². The molecule has 1 rings (SSSR count). The maximum atomic E-state index is 11.6. The number of carbonyl (C=O) groups excluding carboxylic acids is 1. The van der Waals surface area contributed by atoms with Crippen molar-refractivity contribution in [1.82, 2.24) is 5.32 Å². The van der Waals surface area contributed by atoms with E-state index >= 15 is 0 Å². The summed E-state index contributed by atoms with van der Waals surface area (Å²) < 4.78 is 5.41. The van der Waals surface area contributed by atoms with Crippen LogP contribution in [-0.4, -0.2) is 18.2 Å². The van der Waals surface area contributed by atoms with Crippen molar-refractivity contribution in [1.29, 1.82) is 0 Å². The standard InChI is InChI=1S/C13H25NO2/c1-10(13(2,3)4)14-12(15)16-11-8-6-5-7-9-11/h10-11H,5-9H2,1-4H3,(H,14,15). The predicted molar refractivity (Wildman–Crippen MR) is 65.4 cm³/mol. The van der Waals surface area contributed by atoms with Crippen LogP contribution < -0.4 is 5.32 Å². The number of amides is 1. The number of carbonyl (C=O) groups is 1. The van der Waals surface area contributed by atoms with Gasteiger partial charge in [-0.1, -0.05) is 27.2 Å². The lowest BCUT2D eigenvalue weighted by atomic mass is 9.88. The second-order valence-corrected chi connectivity index (χ2v) is 5.90. The Bertz CT molecular complexity index is 227. The molecule has 1 saturated carbocycles. The van der Waals surface area contributed by atoms with E-state index < -0.39 is 0 Å². The number of rotatable bonds is 2. The topological polar surface area (TPSA) is 38.3 Å². The highest BCUT2D eigenvalue weighted by molar-refractivity contribution is 5.67. The molecular weight excluding hydrogens is 202 g/mol. The number of hydrogen-bond acceptors (Lipinski definition) is 2. The minimum Gasteiger partial charge on any atom is -0.446 e. The molecule has 1 aliphatic rings. The Morgan fingerprint density at radius 2 is 1.81 bits per heavy atom. The lowest BCUT2D eigenvalue weighted by molar-refractivity contribution is 0.0692. The molecule has 16 heavy (non-hydrogen) atoms. The number of ether oxygens (including phenoxy) is 1. The maximum absolute atomic E-state index is 11.6. The Morgan fingerprint density at radius 3 is 2.31 bits per heavy atom. The lowest BCUT2D eigenvalue weighted by Gasteiger charge is -2.29. The quantitative estimate of drug-likeness (QED) is 0.784. The largest absolute Gasteiger partial charge is 0.446 e. The minimum absolute atomic E-state index is 0.0750. The van der Waals surface area contributed by atoms with Crippen molar-refractivity contribution in [3.8, 4) is 0 Å². The summed E-state index contributed by atoms with van der Waals surface area (Å²) in [5, 5.41) is 2.91. The van der Waals surface area contributed by atoms with E-state index in [1.54, 1.807) is 0 Å². The van der Waals surface area contributed by atoms with Crippen molar-refractivity contribution in [2.75, 3.05) is 0 Å². The Morgan fingerprint density at radius 1 is 1.25 bits per heavy atom. The fourth-order valence-corrected chi connectivity index (χ4v) is 1.76. The Kier molecular flexibility index (Phi) is 4.63. The molecule has 1 aliphatic carbocycles. The van der Waals surface area contributed by atoms with Crippen LogP contribution in [0, 0.1) is 5.41 Å². The van der Waals surface area contributed by atoms with Crippen LogP contribution in [0.1, 0.15) is 59.8 Å². The minimum atomic E-state index is -0.255. The lowest BCUT2D eigenvalue weighted by Crippen LogP contribution is -2.43. The van der Waals surface area contributed by atoms with Gasteiger partial charge >= 0.3 is 6.09 Å². The monoisotopic (exact) mass is 227 g/mol. The first-order valence-electron chi connectivity index (χ1n) is 6.37. The average Bonchev–Trinajstić information content (AvgIpc) is 2.17. The van der Waals surface area contributed by atoms with E-state index in [0.29, 0.717) is 0 Å². The molecule has 0 aliphatic heterocycles. The SMILES string of the molecule is CC(NC(=O)OC1CCCCC1)C(C)(C)C. The van der Waals surface area contributed by atoms with Crippen molar-refractivity contribution in [3.63, 3.8) is 0 Å². The molecule has 0 bridgehead atoms. The number of hydrogen-bond donors (Lipinski definition) is 1. The molecule has 1 fully saturated rings. The molecule has 0 radical (unpaired) electrons. The van der Waals surface area contributed by atoms with E-state index in [2.05, 4.69) is 26.1 Å². The van der Waals surface area contributed by atoms with Crippen molar-refractivity contribution in [3.05, 3.63) is 0 Å². The van der Waals surface area contributed by atoms with E-state index in [1.165, 1.54) is 19.3 Å². The molecule has 1 N–H and O–H groups in total. The van der Waals surface area contributed by atoms with Gasteiger partial charge in [-0.2, -0.15) is 0 Å². The second kappa shape index (κ2) is 5.55. The second-order valence-electron chi connectivity index (χ2n) is 5.90. The number of alkyl carbamates (subject to hydrolysis) is 1. The maximum Gasteiger partial charge on any atom is 0.407 e. The van der Waals surface area contributed by atoms with Crippen molar-refractivity contribution < 1.29 is 9.53 Å². The first kappa shape index (κ1) is 13.3. The molecule has 0 aromatic carbocycles. The van der Waals surface area contributed by atoms with Gasteiger partial charge in [0.05, 0.1) is 0 Å². The van der Waals surface area contributed by atoms with Gasteiger partial charge in [0.25, 0.3) is 0 Å². The molecule has 1 unspecified atom stereocenters. The third-order valence-electron chi connectivity index (χ3n) is 3.46. The van der Waals surface area contributed by atoms with Gasteiger partial charge < -0.3 is 10.1 Å². The highest BCUT2D eigenvalue weighted by atomic mass is 16.6. The molecule has 1 atom stereocenters. The zero-order valence-corrected chi connectivity index (χ0v) is 11.0. The van der Waals surface area contributed by atoms with Gasteiger partial charge in [0.2, 0.25) is 0 Å². The van der Waals surface area contributed by atoms with Crippen molar-refractivity contribution >= 4 is 6.09 Å². The van der Waals surface area contributed by atoms with Crippen molar-refractivity contribution in [2.45, 2.75) is 71.9 Å². The van der Waals surface area contributed by atoms with Gasteiger partial charge in [-0.15, -0.1) is 0 Å². The van der Waals surface area contributed by atoms with Crippen molar-refractivity contribution in [2.24, 2.45) is 5.41 Å². The van der Waals surface area contributed by atoms with E-state index in [0.717, 1.165) is 12.8 Å². The van der Waals surface area contributed by atoms with Crippen LogP contribution in [0.15, 0.2) is 0 Å². The molecule has 3 heteroatoms. The summed E-state index contributed by atoms with van der Waals surface area (Å²) in [6.45, 7) is 8.35. The summed E-state index contributed by atoms with van der Waals surface area (Å²) in [4.78, 5) is 11.6. The summed E-state index contributed by atoms with van der Waals surface area (Å²) in [7, 11) is 0. The van der Waals surface area contributed by atoms with E-state index in [-0.39, 0.29) is 23.7 Å². The summed E-state index contributed by atoms with van der Waals surface area (Å²) in [5.41, 5.74) is 0.0750. The highest BCUT2D eigenvalue weighted by Crippen LogP contribution is 2.21. The molecule has 0 spiro atoms. The van der Waals surface area contributed by atoms with Crippen LogP contribution in [0.2, 0.25) is 0 Å². The molecule has 3 nitrogen and oxygen atoms in total. The van der Waals surface area contributed by atoms with Crippen LogP contribution >= 0.6 is 0 Å². The summed E-state index contributed by atoms with van der Waals surface area (Å²) in [6.07, 6.45) is 5.59. The van der Waals surface area contributed by atoms with Gasteiger partial charge in [0, 0.05) is 6.04 Å². The van der Waals surface area contributed by atoms with Crippen LogP contribution in [0.4, 0.5) is 4.79 Å². The zero-order valence-electron chi connectivity index (χ0n) is 11.0. The first-order chi connectivity index (χ1) is 7.39. The molecule has 0 aromatic rings. The van der Waals surface area contributed by atoms with Crippen LogP contribution in [0.5, 0.6) is 0 Å². The molecule has 0 heterocycles. The Hall–Kier alpha value is -0.730. The average molecular weight is 227 g/mol. The molecule has 0 saturated heterocycles. The van der Waals surface area contributed by atoms with Crippen LogP contribution in [0.3, 0.4) is 0 Å². The van der Waals surface area contributed by atoms with Crippen LogP contribution in [0.25, 0.3) is 0 Å². The zero-order chi connectivity index (χ0) is 12.2. The van der Waals surface area contributed by atoms with Gasteiger partial charge in [-0.25, -0.2) is 4.79 Å². The van der Waals surface area contributed by atoms with Gasteiger partial charge in [-0.05, 0) is 38.0 Å². The Balaban J connectivity index is 2.29. The third-order valence-corrected chi connectivity index (χ3v) is 3.46. The van der Waals surface area contributed by atoms with Gasteiger partial charge in [0.15, 0.2) is 0 Å². The molecule has 1 amide bonds. The molecule has 0 aromatic heterocycles. The highest BCUT2D eigenvalue weighted by Gasteiger charge is 2.24. The predicted octanol–water partition coefficient (Wildman–Crippen LogP) is 3.48. The fraction of sp³-hybridized carbons (Fsp3) is 0.923. The summed E-state index contributed by atoms with van der Waals surface area (Å²) >= 11 is 0. The normalized spacial score (nSPS) is 20.2. The van der Waals surface area contributed by atoms with E-state index in [9.17, 15) is 4.79 Å². The molecular formula is C13H25NO2. The van der Waals surface area contributed by atoms with E-state index in [4.69, 9.17) is 4.74 Å². The fourth-order valence-electron chi connectivity index (χ4n) is 1.76. The van der Waals surface area contributed by atoms with Gasteiger partial charge in [0.1, 0.15) is 6.10 Å². The summed E-state index contributed by atoms with van der Waals surface area (Å²) in [6, 6.07) is 0.128. The smallest absolute Gasteiger partial charge is 0.407 e. The van der Waals surface area contributed by atoms with Crippen LogP contribution in [-0.2, 0) is 4.74 Å². The molecule has 94 valence electrons. The third kappa shape index (κ3) is 4.42. The first-order valence-corrected chi connectivity index (χ1v) is 6.37. The van der Waals surface area contributed by atoms with Gasteiger partial charge in [-0.3, -0.25) is 0 Å².